The second-order valence-electron chi connectivity index (χ2n) is 8.69. The van der Waals surface area contributed by atoms with Gasteiger partial charge in [-0.05, 0) is 79.9 Å². The molecule has 0 atom stereocenters. The van der Waals surface area contributed by atoms with E-state index in [4.69, 9.17) is 16.0 Å². The number of halogens is 1. The summed E-state index contributed by atoms with van der Waals surface area (Å²) in [6, 6.07) is 14.8. The molecule has 4 N–H and O–H groups in total. The normalized spacial score (nSPS) is 12.8. The molecule has 0 spiro atoms. The molecular weight excluding hydrogens is 447 g/mol. The molecule has 0 aliphatic carbocycles. The third kappa shape index (κ3) is 5.25. The quantitative estimate of drug-likeness (QED) is 0.214. The third-order valence-corrected chi connectivity index (χ3v) is 5.98. The van der Waals surface area contributed by atoms with Crippen molar-refractivity contribution in [2.24, 2.45) is 5.84 Å². The summed E-state index contributed by atoms with van der Waals surface area (Å²) in [7, 11) is 1.61. The fourth-order valence-electron chi connectivity index (χ4n) is 3.97. The molecule has 182 valence electrons. The Morgan fingerprint density at radius 2 is 1.94 bits per heavy atom. The smallest absolute Gasteiger partial charge is 0.254 e. The zero-order chi connectivity index (χ0) is 25.1. The van der Waals surface area contributed by atoms with E-state index in [-0.39, 0.29) is 23.6 Å². The number of methoxy groups -OCH3 is 1. The van der Waals surface area contributed by atoms with Crippen LogP contribution in [0.3, 0.4) is 0 Å². The van der Waals surface area contributed by atoms with Crippen LogP contribution in [-0.2, 0) is 13.0 Å². The van der Waals surface area contributed by atoms with Gasteiger partial charge in [-0.3, -0.25) is 15.2 Å². The van der Waals surface area contributed by atoms with E-state index in [0.29, 0.717) is 48.0 Å². The molecule has 0 saturated heterocycles. The zero-order valence-corrected chi connectivity index (χ0v) is 20.0. The van der Waals surface area contributed by atoms with Crippen LogP contribution in [0.4, 0.5) is 15.9 Å². The number of hydrogen-bond acceptors (Lipinski definition) is 6. The van der Waals surface area contributed by atoms with Crippen molar-refractivity contribution >= 4 is 23.2 Å². The highest BCUT2D eigenvalue weighted by molar-refractivity contribution is 5.95. The van der Waals surface area contributed by atoms with E-state index in [9.17, 15) is 9.18 Å². The van der Waals surface area contributed by atoms with E-state index in [2.05, 4.69) is 10.3 Å². The van der Waals surface area contributed by atoms with Crippen LogP contribution in [0.5, 0.6) is 5.75 Å². The average Bonchev–Trinajstić information content (AvgIpc) is 2.87. The number of benzene rings is 2. The van der Waals surface area contributed by atoms with Crippen molar-refractivity contribution in [2.75, 3.05) is 19.0 Å². The van der Waals surface area contributed by atoms with Crippen LogP contribution in [0.15, 0.2) is 54.6 Å². The number of carbonyl (C=O) groups is 1. The van der Waals surface area contributed by atoms with Gasteiger partial charge in [-0.2, -0.15) is 0 Å². The Morgan fingerprint density at radius 1 is 1.20 bits per heavy atom. The molecular formula is C26H29FN6O2. The largest absolute Gasteiger partial charge is 0.495 e. The first-order valence-electron chi connectivity index (χ1n) is 11.4. The summed E-state index contributed by atoms with van der Waals surface area (Å²) in [6.45, 7) is 4.80. The van der Waals surface area contributed by atoms with Crippen molar-refractivity contribution in [3.05, 3.63) is 82.8 Å². The number of nitrogens with zero attached hydrogens (tertiary/aromatic N) is 3. The van der Waals surface area contributed by atoms with Gasteiger partial charge in [-0.15, -0.1) is 0 Å². The number of aromatic nitrogens is 1. The van der Waals surface area contributed by atoms with Crippen LogP contribution in [0.25, 0.3) is 0 Å². The van der Waals surface area contributed by atoms with Gasteiger partial charge in [0.15, 0.2) is 5.84 Å². The number of nitrogens with two attached hydrogens (primary N) is 1. The van der Waals surface area contributed by atoms with E-state index in [0.717, 1.165) is 11.1 Å². The second kappa shape index (κ2) is 10.1. The summed E-state index contributed by atoms with van der Waals surface area (Å²) < 4.78 is 18.9. The van der Waals surface area contributed by atoms with Gasteiger partial charge in [-0.1, -0.05) is 6.07 Å². The predicted octanol–water partition coefficient (Wildman–Crippen LogP) is 4.08. The van der Waals surface area contributed by atoms with Crippen molar-refractivity contribution in [2.45, 2.75) is 32.9 Å². The number of fused-ring (bicyclic) bond motifs is 1. The van der Waals surface area contributed by atoms with Crippen LogP contribution in [-0.4, -0.2) is 46.3 Å². The molecule has 0 radical (unpaired) electrons. The van der Waals surface area contributed by atoms with Gasteiger partial charge in [0.2, 0.25) is 0 Å². The first-order valence-corrected chi connectivity index (χ1v) is 11.4. The molecule has 2 aromatic carbocycles. The number of rotatable bonds is 6. The highest BCUT2D eigenvalue weighted by atomic mass is 19.1. The summed E-state index contributed by atoms with van der Waals surface area (Å²) in [5, 5.41) is 13.0. The number of hydrogen-bond donors (Lipinski definition) is 3. The van der Waals surface area contributed by atoms with Crippen LogP contribution in [0.1, 0.15) is 41.0 Å². The summed E-state index contributed by atoms with van der Waals surface area (Å²) in [5.41, 5.74) is 3.70. The molecule has 9 heteroatoms. The van der Waals surface area contributed by atoms with Crippen molar-refractivity contribution in [3.63, 3.8) is 0 Å². The molecule has 0 saturated carbocycles. The van der Waals surface area contributed by atoms with Crippen molar-refractivity contribution in [3.8, 4) is 5.75 Å². The van der Waals surface area contributed by atoms with E-state index >= 15 is 0 Å². The Balaban J connectivity index is 1.57. The highest BCUT2D eigenvalue weighted by Gasteiger charge is 2.24. The minimum Gasteiger partial charge on any atom is -0.495 e. The number of ether oxygens (including phenoxy) is 1. The first-order chi connectivity index (χ1) is 16.8. The van der Waals surface area contributed by atoms with Gasteiger partial charge >= 0.3 is 0 Å². The van der Waals surface area contributed by atoms with Gasteiger partial charge < -0.3 is 15.0 Å². The molecule has 8 nitrogen and oxygen atoms in total. The Labute approximate surface area is 204 Å². The summed E-state index contributed by atoms with van der Waals surface area (Å²) in [6.07, 6.45) is 0.686. The zero-order valence-electron chi connectivity index (χ0n) is 20.0. The van der Waals surface area contributed by atoms with Crippen molar-refractivity contribution in [1.82, 2.24) is 14.9 Å². The van der Waals surface area contributed by atoms with E-state index in [1.807, 2.05) is 26.0 Å². The highest BCUT2D eigenvalue weighted by Crippen LogP contribution is 2.33. The predicted molar refractivity (Wildman–Crippen MR) is 133 cm³/mol. The number of carbonyl (C=O) groups excluding carboxylic acids is 1. The second-order valence-corrected chi connectivity index (χ2v) is 8.69. The fraction of sp³-hybridized carbons (Fsp3) is 0.269. The molecule has 2 heterocycles. The van der Waals surface area contributed by atoms with Crippen LogP contribution < -0.4 is 15.9 Å². The number of nitrogens with one attached hydrogen (secondary N) is 2. The number of anilines is 2. The van der Waals surface area contributed by atoms with Crippen molar-refractivity contribution < 1.29 is 13.9 Å². The standard InChI is InChI=1S/C26H29FN6O2/c1-16(2)33(29)25(28)21-5-4-6-24(30-21)31-22-13-19-15-32(12-11-18(19)14-23(22)35-3)26(34)17-7-9-20(27)10-8-17/h4-10,13-14,16,28H,11-12,15,29H2,1-3H3,(H,30,31). The molecule has 1 aliphatic heterocycles. The fourth-order valence-corrected chi connectivity index (χ4v) is 3.97. The van der Waals surface area contributed by atoms with E-state index in [1.165, 1.54) is 29.3 Å². The lowest BCUT2D eigenvalue weighted by Crippen LogP contribution is -2.43. The maximum atomic E-state index is 13.3. The number of amides is 1. The lowest BCUT2D eigenvalue weighted by Gasteiger charge is -2.30. The molecule has 1 aromatic heterocycles. The van der Waals surface area contributed by atoms with Gasteiger partial charge in [0, 0.05) is 24.7 Å². The number of hydrazine groups is 1. The van der Waals surface area contributed by atoms with Crippen LogP contribution >= 0.6 is 0 Å². The van der Waals surface area contributed by atoms with Crippen LogP contribution in [0, 0.1) is 11.2 Å². The molecule has 0 fully saturated rings. The lowest BCUT2D eigenvalue weighted by atomic mass is 9.97. The molecule has 1 amide bonds. The Morgan fingerprint density at radius 3 is 2.63 bits per heavy atom. The molecule has 1 aliphatic rings. The molecule has 0 unspecified atom stereocenters. The number of pyridine rings is 1. The van der Waals surface area contributed by atoms with E-state index < -0.39 is 0 Å². The van der Waals surface area contributed by atoms with E-state index in [1.54, 1.807) is 30.2 Å². The average molecular weight is 477 g/mol. The molecule has 35 heavy (non-hydrogen) atoms. The maximum absolute atomic E-state index is 13.3. The number of amidine groups is 1. The molecule has 3 aromatic rings. The minimum atomic E-state index is -0.371. The van der Waals surface area contributed by atoms with Gasteiger partial charge in [0.05, 0.1) is 12.8 Å². The summed E-state index contributed by atoms with van der Waals surface area (Å²) >= 11 is 0. The first kappa shape index (κ1) is 24.2. The summed E-state index contributed by atoms with van der Waals surface area (Å²) in [4.78, 5) is 19.2. The summed E-state index contributed by atoms with van der Waals surface area (Å²) in [5.74, 6) is 6.80. The van der Waals surface area contributed by atoms with Crippen molar-refractivity contribution in [1.29, 1.82) is 5.41 Å². The Bertz CT molecular complexity index is 1250. The lowest BCUT2D eigenvalue weighted by molar-refractivity contribution is 0.0734. The molecule has 0 bridgehead atoms. The topological polar surface area (TPSA) is 108 Å². The Hall–Kier alpha value is -3.98. The Kier molecular flexibility index (Phi) is 6.97. The van der Waals surface area contributed by atoms with Crippen LogP contribution in [0.2, 0.25) is 0 Å². The SMILES string of the molecule is COc1cc2c(cc1Nc1cccc(C(=N)N(N)C(C)C)n1)CN(C(=O)c1ccc(F)cc1)CC2. The maximum Gasteiger partial charge on any atom is 0.254 e. The monoisotopic (exact) mass is 476 g/mol. The van der Waals surface area contributed by atoms with Gasteiger partial charge in [0.1, 0.15) is 23.1 Å². The van der Waals surface area contributed by atoms with Gasteiger partial charge in [-0.25, -0.2) is 15.2 Å². The minimum absolute atomic E-state index is 0.0396. The third-order valence-electron chi connectivity index (χ3n) is 5.98. The molecule has 4 rings (SSSR count). The van der Waals surface area contributed by atoms with Gasteiger partial charge in [0.25, 0.3) is 5.91 Å².